The van der Waals surface area contributed by atoms with Crippen LogP contribution in [0.15, 0.2) is 53.6 Å². The smallest absolute Gasteiger partial charge is 0.244 e. The number of aryl methyl sites for hydroxylation is 1. The molecule has 20 heavy (non-hydrogen) atoms. The Morgan fingerprint density at radius 3 is 2.60 bits per heavy atom. The van der Waals surface area contributed by atoms with Gasteiger partial charge in [-0.25, -0.2) is 5.43 Å². The fourth-order valence-corrected chi connectivity index (χ4v) is 1.70. The van der Waals surface area contributed by atoms with E-state index in [2.05, 4.69) is 10.5 Å². The van der Waals surface area contributed by atoms with Crippen LogP contribution in [0.2, 0.25) is 0 Å². The van der Waals surface area contributed by atoms with Crippen molar-refractivity contribution in [2.24, 2.45) is 5.10 Å². The Hall–Kier alpha value is -2.62. The van der Waals surface area contributed by atoms with Crippen LogP contribution in [0.4, 0.5) is 0 Å². The molecule has 0 unspecified atom stereocenters. The minimum Gasteiger partial charge on any atom is -0.507 e. The van der Waals surface area contributed by atoms with Gasteiger partial charge in [-0.15, -0.1) is 0 Å². The second-order valence-corrected chi connectivity index (χ2v) is 4.51. The van der Waals surface area contributed by atoms with Crippen LogP contribution in [0.1, 0.15) is 16.7 Å². The predicted molar refractivity (Wildman–Crippen MR) is 78.7 cm³/mol. The number of hydrogen-bond donors (Lipinski definition) is 2. The molecule has 0 aromatic heterocycles. The first-order chi connectivity index (χ1) is 9.65. The van der Waals surface area contributed by atoms with Crippen LogP contribution in [0.5, 0.6) is 5.75 Å². The third-order valence-electron chi connectivity index (χ3n) is 2.81. The molecule has 2 rings (SSSR count). The van der Waals surface area contributed by atoms with E-state index in [1.807, 2.05) is 31.2 Å². The summed E-state index contributed by atoms with van der Waals surface area (Å²) in [5.41, 5.74) is 5.09. The molecule has 4 nitrogen and oxygen atoms in total. The van der Waals surface area contributed by atoms with Crippen molar-refractivity contribution >= 4 is 12.1 Å². The highest BCUT2D eigenvalue weighted by Gasteiger charge is 2.01. The standard InChI is InChI=1S/C16H16N2O2/c1-12-6-8-13(9-7-12)10-16(20)18-17-11-14-4-2-3-5-15(14)19/h2-9,11,19H,10H2,1H3,(H,18,20)/b17-11-. The Balaban J connectivity index is 1.89. The van der Waals surface area contributed by atoms with E-state index in [0.717, 1.165) is 11.1 Å². The van der Waals surface area contributed by atoms with Gasteiger partial charge in [0.15, 0.2) is 0 Å². The minimum absolute atomic E-state index is 0.129. The highest BCUT2D eigenvalue weighted by atomic mass is 16.3. The number of nitrogens with zero attached hydrogens (tertiary/aromatic N) is 1. The van der Waals surface area contributed by atoms with E-state index in [0.29, 0.717) is 5.56 Å². The van der Waals surface area contributed by atoms with Crippen molar-refractivity contribution < 1.29 is 9.90 Å². The van der Waals surface area contributed by atoms with Crippen molar-refractivity contribution in [2.75, 3.05) is 0 Å². The van der Waals surface area contributed by atoms with E-state index >= 15 is 0 Å². The molecule has 0 bridgehead atoms. The van der Waals surface area contributed by atoms with E-state index in [1.54, 1.807) is 24.3 Å². The van der Waals surface area contributed by atoms with Crippen LogP contribution in [-0.4, -0.2) is 17.2 Å². The van der Waals surface area contributed by atoms with Gasteiger partial charge in [0.25, 0.3) is 0 Å². The number of amides is 1. The van der Waals surface area contributed by atoms with E-state index in [9.17, 15) is 9.90 Å². The van der Waals surface area contributed by atoms with Crippen LogP contribution in [0.3, 0.4) is 0 Å². The van der Waals surface area contributed by atoms with E-state index in [1.165, 1.54) is 6.21 Å². The van der Waals surface area contributed by atoms with Gasteiger partial charge in [-0.05, 0) is 24.6 Å². The van der Waals surface area contributed by atoms with Crippen molar-refractivity contribution in [3.63, 3.8) is 0 Å². The van der Waals surface area contributed by atoms with Crippen molar-refractivity contribution in [1.82, 2.24) is 5.43 Å². The van der Waals surface area contributed by atoms with Gasteiger partial charge in [0.05, 0.1) is 12.6 Å². The summed E-state index contributed by atoms with van der Waals surface area (Å²) in [7, 11) is 0. The number of hydrogen-bond acceptors (Lipinski definition) is 3. The Morgan fingerprint density at radius 2 is 1.90 bits per heavy atom. The molecule has 102 valence electrons. The number of carbonyl (C=O) groups is 1. The Bertz CT molecular complexity index is 619. The van der Waals surface area contributed by atoms with E-state index < -0.39 is 0 Å². The van der Waals surface area contributed by atoms with Crippen molar-refractivity contribution in [1.29, 1.82) is 0 Å². The molecule has 2 aromatic carbocycles. The zero-order chi connectivity index (χ0) is 14.4. The third kappa shape index (κ3) is 3.95. The maximum atomic E-state index is 11.7. The molecule has 0 radical (unpaired) electrons. The highest BCUT2D eigenvalue weighted by Crippen LogP contribution is 2.12. The molecular weight excluding hydrogens is 252 g/mol. The van der Waals surface area contributed by atoms with Gasteiger partial charge in [-0.2, -0.15) is 5.10 Å². The SMILES string of the molecule is Cc1ccc(CC(=O)N/N=C\c2ccccc2O)cc1. The summed E-state index contributed by atoms with van der Waals surface area (Å²) in [4.78, 5) is 11.7. The van der Waals surface area contributed by atoms with Gasteiger partial charge >= 0.3 is 0 Å². The number of nitrogens with one attached hydrogen (secondary N) is 1. The lowest BCUT2D eigenvalue weighted by molar-refractivity contribution is -0.120. The van der Waals surface area contributed by atoms with Gasteiger partial charge < -0.3 is 5.11 Å². The number of carbonyl (C=O) groups excluding carboxylic acids is 1. The average Bonchev–Trinajstić information content (AvgIpc) is 2.43. The monoisotopic (exact) mass is 268 g/mol. The van der Waals surface area contributed by atoms with E-state index in [4.69, 9.17) is 0 Å². The molecule has 4 heteroatoms. The molecule has 1 amide bonds. The number of para-hydroxylation sites is 1. The molecule has 0 atom stereocenters. The molecule has 2 N–H and O–H groups in total. The lowest BCUT2D eigenvalue weighted by Gasteiger charge is -2.01. The molecule has 0 saturated carbocycles. The molecule has 0 aliphatic rings. The predicted octanol–water partition coefficient (Wildman–Crippen LogP) is 2.39. The van der Waals surface area contributed by atoms with Gasteiger partial charge in [-0.3, -0.25) is 4.79 Å². The quantitative estimate of drug-likeness (QED) is 0.660. The van der Waals surface area contributed by atoms with Crippen LogP contribution in [0, 0.1) is 6.92 Å². The first-order valence-corrected chi connectivity index (χ1v) is 6.30. The minimum atomic E-state index is -0.194. The van der Waals surface area contributed by atoms with Crippen LogP contribution >= 0.6 is 0 Å². The first kappa shape index (κ1) is 13.8. The normalized spacial score (nSPS) is 10.7. The maximum Gasteiger partial charge on any atom is 0.244 e. The Labute approximate surface area is 117 Å². The number of phenols is 1. The van der Waals surface area contributed by atoms with Crippen LogP contribution in [-0.2, 0) is 11.2 Å². The molecule has 0 saturated heterocycles. The van der Waals surface area contributed by atoms with Crippen LogP contribution < -0.4 is 5.43 Å². The van der Waals surface area contributed by atoms with Crippen LogP contribution in [0.25, 0.3) is 0 Å². The number of benzene rings is 2. The second kappa shape index (κ2) is 6.52. The zero-order valence-corrected chi connectivity index (χ0v) is 11.2. The molecule has 0 heterocycles. The summed E-state index contributed by atoms with van der Waals surface area (Å²) in [5, 5.41) is 13.4. The molecule has 2 aromatic rings. The molecule has 0 aliphatic carbocycles. The topological polar surface area (TPSA) is 61.7 Å². The largest absolute Gasteiger partial charge is 0.507 e. The van der Waals surface area contributed by atoms with Gasteiger partial charge in [0, 0.05) is 5.56 Å². The number of hydrazone groups is 1. The fraction of sp³-hybridized carbons (Fsp3) is 0.125. The van der Waals surface area contributed by atoms with Crippen molar-refractivity contribution in [3.8, 4) is 5.75 Å². The summed E-state index contributed by atoms with van der Waals surface area (Å²) in [6.45, 7) is 2.00. The Kier molecular flexibility index (Phi) is 4.50. The first-order valence-electron chi connectivity index (χ1n) is 6.30. The average molecular weight is 268 g/mol. The number of aromatic hydroxyl groups is 1. The molecule has 0 aliphatic heterocycles. The summed E-state index contributed by atoms with van der Waals surface area (Å²) >= 11 is 0. The number of phenolic OH excluding ortho intramolecular Hbond substituents is 1. The van der Waals surface area contributed by atoms with Crippen molar-refractivity contribution in [2.45, 2.75) is 13.3 Å². The zero-order valence-electron chi connectivity index (χ0n) is 11.2. The third-order valence-corrected chi connectivity index (χ3v) is 2.81. The highest BCUT2D eigenvalue weighted by molar-refractivity contribution is 5.85. The number of rotatable bonds is 4. The summed E-state index contributed by atoms with van der Waals surface area (Å²) in [6.07, 6.45) is 1.70. The van der Waals surface area contributed by atoms with Gasteiger partial charge in [0.2, 0.25) is 5.91 Å². The summed E-state index contributed by atoms with van der Waals surface area (Å²) < 4.78 is 0. The van der Waals surface area contributed by atoms with Gasteiger partial charge in [-0.1, -0.05) is 42.0 Å². The molecule has 0 spiro atoms. The summed E-state index contributed by atoms with van der Waals surface area (Å²) in [6, 6.07) is 14.6. The Morgan fingerprint density at radius 1 is 1.20 bits per heavy atom. The van der Waals surface area contributed by atoms with Gasteiger partial charge in [0.1, 0.15) is 5.75 Å². The second-order valence-electron chi connectivity index (χ2n) is 4.51. The van der Waals surface area contributed by atoms with E-state index in [-0.39, 0.29) is 18.1 Å². The van der Waals surface area contributed by atoms with Crippen molar-refractivity contribution in [3.05, 3.63) is 65.2 Å². The maximum absolute atomic E-state index is 11.7. The molecule has 0 fully saturated rings. The summed E-state index contributed by atoms with van der Waals surface area (Å²) in [5.74, 6) is -0.0652. The fourth-order valence-electron chi connectivity index (χ4n) is 1.70. The molecular formula is C16H16N2O2. The lowest BCUT2D eigenvalue weighted by Crippen LogP contribution is -2.19. The lowest BCUT2D eigenvalue weighted by atomic mass is 10.1.